The summed E-state index contributed by atoms with van der Waals surface area (Å²) in [7, 11) is -2.34. The zero-order valence-electron chi connectivity index (χ0n) is 15.3. The second-order valence-electron chi connectivity index (χ2n) is 6.30. The summed E-state index contributed by atoms with van der Waals surface area (Å²) in [5, 5.41) is 2.59. The number of methoxy groups -OCH3 is 1. The second kappa shape index (κ2) is 8.33. The van der Waals surface area contributed by atoms with Crippen LogP contribution in [0.2, 0.25) is 0 Å². The van der Waals surface area contributed by atoms with E-state index in [4.69, 9.17) is 4.74 Å². The summed E-state index contributed by atoms with van der Waals surface area (Å²) in [5.41, 5.74) is 1.20. The van der Waals surface area contributed by atoms with Crippen LogP contribution in [0, 0.1) is 5.92 Å². The normalized spacial score (nSPS) is 12.7. The summed E-state index contributed by atoms with van der Waals surface area (Å²) in [6, 6.07) is 13.4. The molecule has 2 aromatic carbocycles. The van der Waals surface area contributed by atoms with E-state index in [0.29, 0.717) is 11.4 Å². The van der Waals surface area contributed by atoms with E-state index in [0.717, 1.165) is 5.56 Å². The molecular formula is C19H24N2O4S. The quantitative estimate of drug-likeness (QED) is 0.776. The van der Waals surface area contributed by atoms with Crippen LogP contribution in [0.4, 0.5) is 5.69 Å². The van der Waals surface area contributed by atoms with E-state index in [2.05, 4.69) is 10.0 Å². The van der Waals surface area contributed by atoms with Gasteiger partial charge in [0.05, 0.1) is 17.7 Å². The molecule has 2 aromatic rings. The van der Waals surface area contributed by atoms with Gasteiger partial charge in [0.2, 0.25) is 15.9 Å². The lowest BCUT2D eigenvalue weighted by molar-refractivity contribution is -0.114. The van der Waals surface area contributed by atoms with Crippen LogP contribution in [0.25, 0.3) is 0 Å². The largest absolute Gasteiger partial charge is 0.495 e. The molecule has 140 valence electrons. The van der Waals surface area contributed by atoms with E-state index >= 15 is 0 Å². The number of amides is 1. The Morgan fingerprint density at radius 2 is 1.73 bits per heavy atom. The van der Waals surface area contributed by atoms with Crippen LogP contribution in [0.3, 0.4) is 0 Å². The van der Waals surface area contributed by atoms with Gasteiger partial charge in [-0.3, -0.25) is 4.79 Å². The molecule has 0 aromatic heterocycles. The minimum Gasteiger partial charge on any atom is -0.495 e. The predicted molar refractivity (Wildman–Crippen MR) is 102 cm³/mol. The molecule has 0 saturated heterocycles. The molecule has 0 bridgehead atoms. The Labute approximate surface area is 154 Å². The maximum atomic E-state index is 12.9. The molecule has 0 aliphatic carbocycles. The maximum absolute atomic E-state index is 12.9. The van der Waals surface area contributed by atoms with Crippen molar-refractivity contribution in [1.29, 1.82) is 0 Å². The lowest BCUT2D eigenvalue weighted by Gasteiger charge is -2.23. The van der Waals surface area contributed by atoms with E-state index in [1.807, 2.05) is 44.2 Å². The number of carbonyl (C=O) groups is 1. The highest BCUT2D eigenvalue weighted by Gasteiger charge is 2.24. The number of ether oxygens (including phenoxy) is 1. The topological polar surface area (TPSA) is 84.5 Å². The van der Waals surface area contributed by atoms with Gasteiger partial charge in [0.1, 0.15) is 5.75 Å². The van der Waals surface area contributed by atoms with Crippen molar-refractivity contribution in [2.45, 2.75) is 31.7 Å². The van der Waals surface area contributed by atoms with Gasteiger partial charge in [-0.05, 0) is 29.7 Å². The van der Waals surface area contributed by atoms with Gasteiger partial charge in [-0.2, -0.15) is 0 Å². The highest BCUT2D eigenvalue weighted by molar-refractivity contribution is 7.89. The summed E-state index contributed by atoms with van der Waals surface area (Å²) in [5.74, 6) is 0.137. The number of benzene rings is 2. The molecular weight excluding hydrogens is 352 g/mol. The Morgan fingerprint density at radius 3 is 2.27 bits per heavy atom. The van der Waals surface area contributed by atoms with Crippen molar-refractivity contribution in [1.82, 2.24) is 4.72 Å². The molecule has 2 rings (SSSR count). The molecule has 1 amide bonds. The Bertz CT molecular complexity index is 864. The second-order valence-corrected chi connectivity index (χ2v) is 8.01. The standard InChI is InChI=1S/C19H24N2O4S/c1-13(2)19(15-8-6-5-7-9-15)21-26(23,24)16-10-11-18(25-4)17(12-16)20-14(3)22/h5-13,19,21H,1-4H3,(H,20,22)/t19-/m1/s1. The number of carbonyl (C=O) groups excluding carboxylic acids is 1. The summed E-state index contributed by atoms with van der Waals surface area (Å²) >= 11 is 0. The van der Waals surface area contributed by atoms with Crippen molar-refractivity contribution in [3.05, 3.63) is 54.1 Å². The van der Waals surface area contributed by atoms with Gasteiger partial charge >= 0.3 is 0 Å². The zero-order chi connectivity index (χ0) is 19.3. The van der Waals surface area contributed by atoms with Crippen LogP contribution in [-0.2, 0) is 14.8 Å². The fraction of sp³-hybridized carbons (Fsp3) is 0.316. The Kier molecular flexibility index (Phi) is 6.39. The molecule has 0 aliphatic rings. The molecule has 7 heteroatoms. The Hall–Kier alpha value is -2.38. The average molecular weight is 376 g/mol. The predicted octanol–water partition coefficient (Wildman–Crippen LogP) is 3.33. The number of nitrogens with one attached hydrogen (secondary N) is 2. The lowest BCUT2D eigenvalue weighted by atomic mass is 9.97. The third-order valence-electron chi connectivity index (χ3n) is 3.90. The fourth-order valence-corrected chi connectivity index (χ4v) is 4.03. The van der Waals surface area contributed by atoms with Crippen molar-refractivity contribution in [2.24, 2.45) is 5.92 Å². The van der Waals surface area contributed by atoms with E-state index in [1.165, 1.54) is 32.2 Å². The number of sulfonamides is 1. The molecule has 0 heterocycles. The van der Waals surface area contributed by atoms with Crippen molar-refractivity contribution in [2.75, 3.05) is 12.4 Å². The van der Waals surface area contributed by atoms with Gasteiger partial charge in [-0.1, -0.05) is 44.2 Å². The van der Waals surface area contributed by atoms with Crippen LogP contribution in [0.1, 0.15) is 32.4 Å². The first-order valence-electron chi connectivity index (χ1n) is 8.27. The van der Waals surface area contributed by atoms with E-state index in [9.17, 15) is 13.2 Å². The van der Waals surface area contributed by atoms with E-state index < -0.39 is 10.0 Å². The molecule has 0 unspecified atom stereocenters. The van der Waals surface area contributed by atoms with Gasteiger partial charge in [0.25, 0.3) is 0 Å². The molecule has 0 aliphatic heterocycles. The Morgan fingerprint density at radius 1 is 1.08 bits per heavy atom. The third kappa shape index (κ3) is 4.83. The first-order valence-corrected chi connectivity index (χ1v) is 9.76. The zero-order valence-corrected chi connectivity index (χ0v) is 16.1. The number of hydrogen-bond donors (Lipinski definition) is 2. The summed E-state index contributed by atoms with van der Waals surface area (Å²) in [6.07, 6.45) is 0. The van der Waals surface area contributed by atoms with Gasteiger partial charge in [-0.25, -0.2) is 13.1 Å². The van der Waals surface area contributed by atoms with Crippen LogP contribution in [0.15, 0.2) is 53.4 Å². The minimum atomic E-state index is -3.79. The minimum absolute atomic E-state index is 0.0558. The van der Waals surface area contributed by atoms with E-state index in [-0.39, 0.29) is 22.8 Å². The first kappa shape index (κ1) is 19.9. The monoisotopic (exact) mass is 376 g/mol. The lowest BCUT2D eigenvalue weighted by Crippen LogP contribution is -2.31. The fourth-order valence-electron chi connectivity index (χ4n) is 2.63. The first-order chi connectivity index (χ1) is 12.2. The van der Waals surface area contributed by atoms with Crippen molar-refractivity contribution in [3.63, 3.8) is 0 Å². The van der Waals surface area contributed by atoms with Crippen molar-refractivity contribution in [3.8, 4) is 5.75 Å². The molecule has 0 fully saturated rings. The van der Waals surface area contributed by atoms with Crippen LogP contribution in [-0.4, -0.2) is 21.4 Å². The highest BCUT2D eigenvalue weighted by atomic mass is 32.2. The molecule has 0 saturated carbocycles. The number of rotatable bonds is 7. The molecule has 2 N–H and O–H groups in total. The van der Waals surface area contributed by atoms with Crippen molar-refractivity contribution >= 4 is 21.6 Å². The maximum Gasteiger partial charge on any atom is 0.241 e. The molecule has 0 radical (unpaired) electrons. The third-order valence-corrected chi connectivity index (χ3v) is 5.34. The van der Waals surface area contributed by atoms with Gasteiger partial charge < -0.3 is 10.1 Å². The summed E-state index contributed by atoms with van der Waals surface area (Å²) < 4.78 is 33.7. The van der Waals surface area contributed by atoms with Gasteiger partial charge in [0, 0.05) is 13.0 Å². The number of hydrogen-bond acceptors (Lipinski definition) is 4. The number of anilines is 1. The van der Waals surface area contributed by atoms with Crippen molar-refractivity contribution < 1.29 is 17.9 Å². The van der Waals surface area contributed by atoms with Crippen LogP contribution in [0.5, 0.6) is 5.75 Å². The van der Waals surface area contributed by atoms with Crippen LogP contribution >= 0.6 is 0 Å². The Balaban J connectivity index is 2.38. The molecule has 6 nitrogen and oxygen atoms in total. The molecule has 26 heavy (non-hydrogen) atoms. The van der Waals surface area contributed by atoms with E-state index in [1.54, 1.807) is 0 Å². The average Bonchev–Trinajstić information content (AvgIpc) is 2.59. The highest BCUT2D eigenvalue weighted by Crippen LogP contribution is 2.29. The van der Waals surface area contributed by atoms with Crippen LogP contribution < -0.4 is 14.8 Å². The molecule has 0 spiro atoms. The van der Waals surface area contributed by atoms with Gasteiger partial charge in [0.15, 0.2) is 0 Å². The summed E-state index contributed by atoms with van der Waals surface area (Å²) in [4.78, 5) is 11.4. The SMILES string of the molecule is COc1ccc(S(=O)(=O)N[C@@H](c2ccccc2)C(C)C)cc1NC(C)=O. The molecule has 1 atom stereocenters. The van der Waals surface area contributed by atoms with Gasteiger partial charge in [-0.15, -0.1) is 0 Å². The smallest absolute Gasteiger partial charge is 0.241 e. The summed E-state index contributed by atoms with van der Waals surface area (Å²) in [6.45, 7) is 5.26.